The van der Waals surface area contributed by atoms with Crippen LogP contribution < -0.4 is 5.19 Å². The van der Waals surface area contributed by atoms with Gasteiger partial charge in [0.2, 0.25) is 0 Å². The van der Waals surface area contributed by atoms with Gasteiger partial charge in [0.15, 0.2) is 0 Å². The number of hydrogen-bond acceptors (Lipinski definition) is 3. The number of pyridine rings is 3. The minimum absolute atomic E-state index is 0. The summed E-state index contributed by atoms with van der Waals surface area (Å²) in [5, 5.41) is 1.40. The summed E-state index contributed by atoms with van der Waals surface area (Å²) in [6.45, 7) is 7.00. The first-order valence-corrected chi connectivity index (χ1v) is 14.6. The van der Waals surface area contributed by atoms with Crippen molar-refractivity contribution in [3.63, 3.8) is 0 Å². The molecule has 0 spiro atoms. The first-order valence-electron chi connectivity index (χ1n) is 11.1. The molecule has 0 saturated carbocycles. The van der Waals surface area contributed by atoms with Gasteiger partial charge in [0.05, 0.1) is 8.07 Å². The van der Waals surface area contributed by atoms with E-state index in [9.17, 15) is 0 Å². The van der Waals surface area contributed by atoms with Crippen LogP contribution >= 0.6 is 0 Å². The zero-order valence-electron chi connectivity index (χ0n) is 21.1. The molecule has 0 atom stereocenters. The normalized spacial score (nSPS) is 9.92. The van der Waals surface area contributed by atoms with Crippen molar-refractivity contribution in [2.24, 2.45) is 0 Å². The summed E-state index contributed by atoms with van der Waals surface area (Å²) in [5.41, 5.74) is 5.65. The summed E-state index contributed by atoms with van der Waals surface area (Å²) in [6.07, 6.45) is 8.43. The van der Waals surface area contributed by atoms with Crippen molar-refractivity contribution in [3.05, 3.63) is 122 Å². The van der Waals surface area contributed by atoms with E-state index in [0.29, 0.717) is 0 Å². The molecule has 0 unspecified atom stereocenters. The zero-order chi connectivity index (χ0) is 23.8. The fourth-order valence-corrected chi connectivity index (χ4v) is 4.29. The molecule has 0 aliphatic heterocycles. The van der Waals surface area contributed by atoms with Crippen molar-refractivity contribution in [1.82, 2.24) is 15.0 Å². The van der Waals surface area contributed by atoms with Gasteiger partial charge in [-0.05, 0) is 23.1 Å². The third-order valence-electron chi connectivity index (χ3n) is 5.17. The van der Waals surface area contributed by atoms with E-state index < -0.39 is 8.07 Å². The summed E-state index contributed by atoms with van der Waals surface area (Å²) in [6, 6.07) is 35.3. The van der Waals surface area contributed by atoms with Gasteiger partial charge in [-0.25, -0.2) is 6.07 Å². The second kappa shape index (κ2) is 16.0. The number of nitrogens with zero attached hydrogens (tertiary/aromatic N) is 3. The van der Waals surface area contributed by atoms with E-state index in [-0.39, 0.29) is 61.2 Å². The Balaban J connectivity index is 0.000000344. The molecular weight excluding hydrogens is 722 g/mol. The van der Waals surface area contributed by atoms with Gasteiger partial charge >= 0.3 is 0 Å². The maximum atomic E-state index is 4.52. The zero-order valence-corrected chi connectivity index (χ0v) is 27.3. The summed E-state index contributed by atoms with van der Waals surface area (Å²) in [5.74, 6) is 0. The molecule has 0 fully saturated rings. The van der Waals surface area contributed by atoms with Crippen LogP contribution in [-0.4, -0.2) is 31.4 Å². The molecule has 3 nitrogen and oxygen atoms in total. The van der Waals surface area contributed by atoms with Crippen LogP contribution in [0.2, 0.25) is 19.6 Å². The Labute approximate surface area is 262 Å². The summed E-state index contributed by atoms with van der Waals surface area (Å²) >= 11 is 0. The summed E-state index contributed by atoms with van der Waals surface area (Å²) in [4.78, 5) is 12.8. The van der Waals surface area contributed by atoms with Gasteiger partial charge in [0.25, 0.3) is 0 Å². The fourth-order valence-electron chi connectivity index (χ4n) is 3.25. The Bertz CT molecular complexity index is 1260. The standard InChI is InChI=1S/C16H9N2.C14H16NSi.B.Ir.Y/c1-2-10-18-16(8-1)14-6-3-5-13(11-14)15-7-4-9-17-12-15;1-16(2,3)13-9-10-14(15-11-13)12-7-5-4-6-8-12;;;/h1-5,7-10H;4-7,9-11H,1-3H3;;;/q-3;-1;;;. The molecule has 7 heteroatoms. The molecule has 183 valence electrons. The van der Waals surface area contributed by atoms with Crippen LogP contribution in [0.15, 0.2) is 97.5 Å². The molecule has 0 N–H and O–H groups in total. The van der Waals surface area contributed by atoms with Gasteiger partial charge in [0.1, 0.15) is 0 Å². The van der Waals surface area contributed by atoms with Crippen molar-refractivity contribution in [1.29, 1.82) is 0 Å². The number of hydrogen-bond donors (Lipinski definition) is 0. The first kappa shape index (κ1) is 33.0. The van der Waals surface area contributed by atoms with Gasteiger partial charge in [0, 0.05) is 73.6 Å². The topological polar surface area (TPSA) is 38.7 Å². The molecule has 0 bridgehead atoms. The van der Waals surface area contributed by atoms with Crippen LogP contribution in [0.3, 0.4) is 0 Å². The Morgan fingerprint density at radius 2 is 1.46 bits per heavy atom. The van der Waals surface area contributed by atoms with E-state index in [1.54, 1.807) is 12.4 Å². The largest absolute Gasteiger partial charge is 0.360 e. The third kappa shape index (κ3) is 9.63. The Hall–Kier alpha value is -2.07. The predicted octanol–water partition coefficient (Wildman–Crippen LogP) is 5.92. The maximum absolute atomic E-state index is 4.52. The van der Waals surface area contributed by atoms with E-state index in [2.05, 4.69) is 71.1 Å². The fraction of sp³-hybridized carbons (Fsp3) is 0.100. The molecule has 0 aliphatic carbocycles. The second-order valence-corrected chi connectivity index (χ2v) is 13.8. The number of rotatable bonds is 4. The number of aromatic nitrogens is 3. The average molecular weight is 748 g/mol. The van der Waals surface area contributed by atoms with Crippen LogP contribution in [0.4, 0.5) is 0 Å². The molecule has 0 saturated heterocycles. The molecule has 3 aromatic heterocycles. The van der Waals surface area contributed by atoms with Crippen molar-refractivity contribution in [3.8, 4) is 33.6 Å². The Morgan fingerprint density at radius 3 is 2.05 bits per heavy atom. The second-order valence-electron chi connectivity index (χ2n) is 8.73. The van der Waals surface area contributed by atoms with E-state index in [1.807, 2.05) is 72.9 Å². The monoisotopic (exact) mass is 748 g/mol. The van der Waals surface area contributed by atoms with Gasteiger partial charge in [-0.15, -0.1) is 54.1 Å². The Morgan fingerprint density at radius 1 is 0.676 bits per heavy atom. The van der Waals surface area contributed by atoms with Crippen LogP contribution in [0.1, 0.15) is 0 Å². The third-order valence-corrected chi connectivity index (χ3v) is 7.20. The van der Waals surface area contributed by atoms with E-state index in [0.717, 1.165) is 33.6 Å². The minimum Gasteiger partial charge on any atom is -0.360 e. The molecule has 5 aromatic rings. The molecular formula is C30H25BIrN3SiY-4. The smallest absolute Gasteiger partial charge is 0.0795 e. The van der Waals surface area contributed by atoms with Gasteiger partial charge in [-0.3, -0.25) is 23.3 Å². The first-order chi connectivity index (χ1) is 16.5. The van der Waals surface area contributed by atoms with Crippen LogP contribution in [0.25, 0.3) is 33.6 Å². The Kier molecular flexibility index (Phi) is 14.3. The minimum atomic E-state index is -1.23. The average Bonchev–Trinajstić information content (AvgIpc) is 2.90. The molecule has 5 radical (unpaired) electrons. The quantitative estimate of drug-likeness (QED) is 0.170. The number of benzene rings is 2. The van der Waals surface area contributed by atoms with Crippen molar-refractivity contribution >= 4 is 21.7 Å². The SMILES string of the molecule is C[Si](C)(C)c1ccc(-c2[c-]cccc2)nc1.[B].[Ir].[Y].[c-]1ccc(-c2[c-]nccc2)[c-]c1-c1ccccn1. The summed E-state index contributed by atoms with van der Waals surface area (Å²) < 4.78 is 0. The van der Waals surface area contributed by atoms with Crippen molar-refractivity contribution < 1.29 is 52.8 Å². The predicted molar refractivity (Wildman–Crippen MR) is 147 cm³/mol. The molecule has 2 aromatic carbocycles. The molecule has 0 amide bonds. The van der Waals surface area contributed by atoms with Crippen LogP contribution in [0, 0.1) is 24.4 Å². The van der Waals surface area contributed by atoms with Gasteiger partial charge < -0.3 is 21.0 Å². The molecule has 3 heterocycles. The van der Waals surface area contributed by atoms with E-state index in [1.165, 1.54) is 5.19 Å². The van der Waals surface area contributed by atoms with E-state index in [4.69, 9.17) is 0 Å². The van der Waals surface area contributed by atoms with Gasteiger partial charge in [-0.1, -0.05) is 49.7 Å². The van der Waals surface area contributed by atoms with Crippen molar-refractivity contribution in [2.75, 3.05) is 0 Å². The van der Waals surface area contributed by atoms with Crippen LogP contribution in [-0.2, 0) is 52.8 Å². The van der Waals surface area contributed by atoms with E-state index >= 15 is 0 Å². The molecule has 5 rings (SSSR count). The van der Waals surface area contributed by atoms with Crippen molar-refractivity contribution in [2.45, 2.75) is 19.6 Å². The maximum Gasteiger partial charge on any atom is 0.0795 e. The van der Waals surface area contributed by atoms with Crippen LogP contribution in [0.5, 0.6) is 0 Å². The molecule has 37 heavy (non-hydrogen) atoms. The molecule has 0 aliphatic rings. The summed E-state index contributed by atoms with van der Waals surface area (Å²) in [7, 11) is -1.23. The van der Waals surface area contributed by atoms with Gasteiger partial charge in [-0.2, -0.15) is 5.56 Å².